The molecule has 0 aliphatic heterocycles. The highest BCUT2D eigenvalue weighted by Crippen LogP contribution is 2.33. The molecule has 20 heavy (non-hydrogen) atoms. The van der Waals surface area contributed by atoms with Crippen LogP contribution in [0.4, 0.5) is 0 Å². The summed E-state index contributed by atoms with van der Waals surface area (Å²) < 4.78 is 0. The van der Waals surface area contributed by atoms with Crippen molar-refractivity contribution in [3.05, 3.63) is 66.7 Å². The Kier molecular flexibility index (Phi) is 2.30. The topological polar surface area (TPSA) is 35.7 Å². The van der Waals surface area contributed by atoms with E-state index < -0.39 is 0 Å². The molecule has 0 saturated heterocycles. The first kappa shape index (κ1) is 11.1. The molecule has 3 aromatic carbocycles. The number of rotatable bonds is 1. The van der Waals surface area contributed by atoms with Crippen LogP contribution < -0.4 is 0 Å². The highest BCUT2D eigenvalue weighted by Gasteiger charge is 2.08. The Labute approximate surface area is 116 Å². The van der Waals surface area contributed by atoms with Crippen LogP contribution in [0, 0.1) is 0 Å². The number of nitrogens with one attached hydrogen (secondary N) is 1. The van der Waals surface area contributed by atoms with E-state index in [0.717, 1.165) is 22.2 Å². The minimum Gasteiger partial charge on any atom is -0.354 e. The van der Waals surface area contributed by atoms with Gasteiger partial charge in [0, 0.05) is 27.4 Å². The lowest BCUT2D eigenvalue weighted by Gasteiger charge is -2.02. The van der Waals surface area contributed by atoms with Gasteiger partial charge in [0.05, 0.1) is 0 Å². The zero-order chi connectivity index (χ0) is 13.5. The van der Waals surface area contributed by atoms with Gasteiger partial charge >= 0.3 is 0 Å². The summed E-state index contributed by atoms with van der Waals surface area (Å²) in [5.41, 5.74) is 3.88. The Hall–Kier alpha value is -2.74. The van der Waals surface area contributed by atoms with Crippen molar-refractivity contribution in [2.75, 3.05) is 0 Å². The Morgan fingerprint density at radius 2 is 1.45 bits per heavy atom. The minimum absolute atomic E-state index is 0.0583. The third kappa shape index (κ3) is 1.58. The van der Waals surface area contributed by atoms with Gasteiger partial charge < -0.3 is 4.98 Å². The average molecular weight is 258 g/mol. The number of hydrogen-bond acceptors (Lipinski definition) is 0. The molecule has 0 fully saturated rings. The van der Waals surface area contributed by atoms with Gasteiger partial charge in [0.25, 0.3) is 0 Å². The average Bonchev–Trinajstić information content (AvgIpc) is 2.85. The summed E-state index contributed by atoms with van der Waals surface area (Å²) in [6, 6.07) is 21.5. The third-order valence-corrected chi connectivity index (χ3v) is 3.70. The molecule has 2 heteroatoms. The van der Waals surface area contributed by atoms with E-state index in [9.17, 15) is 5.11 Å². The molecule has 4 aromatic rings. The van der Waals surface area contributed by atoms with Gasteiger partial charge in [-0.3, -0.25) is 5.11 Å². The molecule has 2 nitrogen and oxygen atoms in total. The van der Waals surface area contributed by atoms with Crippen molar-refractivity contribution in [1.29, 1.82) is 0 Å². The first-order valence-electron chi connectivity index (χ1n) is 6.60. The molecular formula is C18H12NO. The maximum Gasteiger partial charge on any atom is 0.186 e. The van der Waals surface area contributed by atoms with Gasteiger partial charge in [0.1, 0.15) is 0 Å². The van der Waals surface area contributed by atoms with E-state index in [0.29, 0.717) is 0 Å². The van der Waals surface area contributed by atoms with Gasteiger partial charge in [-0.15, -0.1) is 0 Å². The Morgan fingerprint density at radius 1 is 0.700 bits per heavy atom. The van der Waals surface area contributed by atoms with Crippen LogP contribution in [-0.2, 0) is 5.11 Å². The molecule has 1 radical (unpaired) electrons. The van der Waals surface area contributed by atoms with Crippen LogP contribution in [0.25, 0.3) is 32.9 Å². The molecule has 1 N–H and O–H groups in total. The van der Waals surface area contributed by atoms with Crippen molar-refractivity contribution in [3.63, 3.8) is 0 Å². The lowest BCUT2D eigenvalue weighted by Crippen LogP contribution is -1.78. The number of hydrogen-bond donors (Lipinski definition) is 1. The predicted molar refractivity (Wildman–Crippen MR) is 81.4 cm³/mol. The number of aromatic nitrogens is 1. The van der Waals surface area contributed by atoms with Crippen LogP contribution in [0.2, 0.25) is 0 Å². The predicted octanol–water partition coefficient (Wildman–Crippen LogP) is 5.13. The summed E-state index contributed by atoms with van der Waals surface area (Å²) in [5, 5.41) is 14.3. The molecule has 0 amide bonds. The fourth-order valence-corrected chi connectivity index (χ4v) is 2.73. The van der Waals surface area contributed by atoms with E-state index in [-0.39, 0.29) is 5.75 Å². The largest absolute Gasteiger partial charge is 0.354 e. The first-order chi connectivity index (χ1) is 9.83. The summed E-state index contributed by atoms with van der Waals surface area (Å²) >= 11 is 0. The van der Waals surface area contributed by atoms with Crippen molar-refractivity contribution in [1.82, 2.24) is 4.98 Å². The molecule has 0 saturated carbocycles. The van der Waals surface area contributed by atoms with Gasteiger partial charge in [-0.2, -0.15) is 0 Å². The molecule has 0 atom stereocenters. The fourth-order valence-electron chi connectivity index (χ4n) is 2.73. The molecule has 0 aliphatic carbocycles. The van der Waals surface area contributed by atoms with Gasteiger partial charge in [-0.25, -0.2) is 0 Å². The minimum atomic E-state index is 0.0583. The molecule has 0 spiro atoms. The van der Waals surface area contributed by atoms with Gasteiger partial charge in [-0.05, 0) is 23.8 Å². The van der Waals surface area contributed by atoms with Crippen molar-refractivity contribution >= 4 is 21.8 Å². The normalized spacial score (nSPS) is 11.2. The monoisotopic (exact) mass is 258 g/mol. The highest BCUT2D eigenvalue weighted by molar-refractivity contribution is 6.08. The SMILES string of the molecule is [O]c1ccccc1-c1ccc2c(c1)[nH]c1ccccc12. The van der Waals surface area contributed by atoms with Crippen molar-refractivity contribution < 1.29 is 5.11 Å². The number of benzene rings is 3. The molecule has 1 aromatic heterocycles. The van der Waals surface area contributed by atoms with E-state index in [2.05, 4.69) is 23.2 Å². The van der Waals surface area contributed by atoms with Crippen LogP contribution in [0.1, 0.15) is 0 Å². The third-order valence-electron chi connectivity index (χ3n) is 3.70. The van der Waals surface area contributed by atoms with Crippen LogP contribution >= 0.6 is 0 Å². The lowest BCUT2D eigenvalue weighted by molar-refractivity contribution is 0.356. The molecule has 0 bridgehead atoms. The maximum atomic E-state index is 11.9. The molecule has 95 valence electrons. The first-order valence-corrected chi connectivity index (χ1v) is 6.60. The highest BCUT2D eigenvalue weighted by atomic mass is 16.3. The fraction of sp³-hybridized carbons (Fsp3) is 0. The van der Waals surface area contributed by atoms with Crippen LogP contribution in [0.3, 0.4) is 0 Å². The number of fused-ring (bicyclic) bond motifs is 3. The van der Waals surface area contributed by atoms with E-state index in [1.807, 2.05) is 36.4 Å². The lowest BCUT2D eigenvalue weighted by atomic mass is 10.0. The van der Waals surface area contributed by atoms with E-state index in [4.69, 9.17) is 0 Å². The van der Waals surface area contributed by atoms with E-state index in [1.54, 1.807) is 12.1 Å². The second-order valence-electron chi connectivity index (χ2n) is 4.93. The molecule has 0 unspecified atom stereocenters. The second-order valence-corrected chi connectivity index (χ2v) is 4.93. The quantitative estimate of drug-likeness (QED) is 0.491. The van der Waals surface area contributed by atoms with Crippen molar-refractivity contribution in [2.24, 2.45) is 0 Å². The van der Waals surface area contributed by atoms with E-state index >= 15 is 0 Å². The summed E-state index contributed by atoms with van der Waals surface area (Å²) in [5.74, 6) is 0.0583. The Morgan fingerprint density at radius 3 is 2.35 bits per heavy atom. The summed E-state index contributed by atoms with van der Waals surface area (Å²) in [6.45, 7) is 0. The van der Waals surface area contributed by atoms with E-state index in [1.165, 1.54) is 10.8 Å². The van der Waals surface area contributed by atoms with Crippen molar-refractivity contribution in [2.45, 2.75) is 0 Å². The maximum absolute atomic E-state index is 11.9. The Bertz CT molecular complexity index is 921. The zero-order valence-corrected chi connectivity index (χ0v) is 10.8. The second kappa shape index (κ2) is 4.14. The smallest absolute Gasteiger partial charge is 0.186 e. The summed E-state index contributed by atoms with van der Waals surface area (Å²) in [6.07, 6.45) is 0. The number of para-hydroxylation sites is 2. The van der Waals surface area contributed by atoms with Crippen LogP contribution in [0.5, 0.6) is 5.75 Å². The van der Waals surface area contributed by atoms with Crippen LogP contribution in [-0.4, -0.2) is 4.98 Å². The van der Waals surface area contributed by atoms with Gasteiger partial charge in [0.15, 0.2) is 5.75 Å². The molecular weight excluding hydrogens is 246 g/mol. The van der Waals surface area contributed by atoms with Crippen molar-refractivity contribution in [3.8, 4) is 16.9 Å². The standard InChI is InChI=1S/C18H12NO/c20-18-8-4-2-5-13(18)12-9-10-15-14-6-1-3-7-16(14)19-17(15)11-12/h1-11,19H. The summed E-state index contributed by atoms with van der Waals surface area (Å²) in [7, 11) is 0. The number of H-pyrrole nitrogens is 1. The Balaban J connectivity index is 2.00. The zero-order valence-electron chi connectivity index (χ0n) is 10.8. The molecule has 0 aliphatic rings. The molecule has 4 rings (SSSR count). The number of aromatic amines is 1. The van der Waals surface area contributed by atoms with Gasteiger partial charge in [-0.1, -0.05) is 48.5 Å². The summed E-state index contributed by atoms with van der Waals surface area (Å²) in [4.78, 5) is 3.41. The van der Waals surface area contributed by atoms with Crippen LogP contribution in [0.15, 0.2) is 66.7 Å². The molecule has 1 heterocycles. The van der Waals surface area contributed by atoms with Gasteiger partial charge in [0.2, 0.25) is 0 Å².